The van der Waals surface area contributed by atoms with Crippen molar-refractivity contribution < 1.29 is 4.39 Å². The molecular formula is C14H19ClFN. The number of halogens is 2. The number of nitrogens with two attached hydrogens (primary N) is 1. The van der Waals surface area contributed by atoms with Gasteiger partial charge in [-0.05, 0) is 43.2 Å². The van der Waals surface area contributed by atoms with Crippen LogP contribution in [0.15, 0.2) is 18.2 Å². The molecule has 1 aliphatic carbocycles. The highest BCUT2D eigenvalue weighted by molar-refractivity contribution is 6.30. The Kier molecular flexibility index (Phi) is 3.46. The molecule has 1 aromatic rings. The molecule has 17 heavy (non-hydrogen) atoms. The zero-order chi connectivity index (χ0) is 12.6. The van der Waals surface area contributed by atoms with E-state index < -0.39 is 5.54 Å². The standard InChI is InChI=1S/C14H19ClFN/c1-9-5-10(2)8-14(17,7-9)12-4-3-11(15)6-13(12)16/h3-4,6,9-10H,5,7-8,17H2,1-2H3. The highest BCUT2D eigenvalue weighted by Crippen LogP contribution is 2.41. The molecule has 0 spiro atoms. The molecule has 94 valence electrons. The van der Waals surface area contributed by atoms with Crippen LogP contribution in [0.4, 0.5) is 4.39 Å². The summed E-state index contributed by atoms with van der Waals surface area (Å²) in [5.74, 6) is 0.805. The van der Waals surface area contributed by atoms with Gasteiger partial charge in [0.1, 0.15) is 5.82 Å². The zero-order valence-corrected chi connectivity index (χ0v) is 11.1. The van der Waals surface area contributed by atoms with Crippen molar-refractivity contribution in [2.24, 2.45) is 17.6 Å². The largest absolute Gasteiger partial charge is 0.321 e. The predicted molar refractivity (Wildman–Crippen MR) is 69.5 cm³/mol. The van der Waals surface area contributed by atoms with Crippen LogP contribution >= 0.6 is 11.6 Å². The molecular weight excluding hydrogens is 237 g/mol. The summed E-state index contributed by atoms with van der Waals surface area (Å²) in [7, 11) is 0. The maximum atomic E-state index is 14.0. The maximum Gasteiger partial charge on any atom is 0.129 e. The van der Waals surface area contributed by atoms with Gasteiger partial charge < -0.3 is 5.73 Å². The van der Waals surface area contributed by atoms with E-state index in [0.717, 1.165) is 12.8 Å². The predicted octanol–water partition coefficient (Wildman–Crippen LogP) is 4.09. The van der Waals surface area contributed by atoms with Crippen molar-refractivity contribution in [3.05, 3.63) is 34.6 Å². The molecule has 2 N–H and O–H groups in total. The van der Waals surface area contributed by atoms with Crippen molar-refractivity contribution in [3.63, 3.8) is 0 Å². The third kappa shape index (κ3) is 2.63. The van der Waals surface area contributed by atoms with E-state index in [2.05, 4.69) is 13.8 Å². The Morgan fingerprint density at radius 3 is 2.41 bits per heavy atom. The van der Waals surface area contributed by atoms with Crippen LogP contribution in [-0.2, 0) is 5.54 Å². The molecule has 1 nitrogen and oxygen atoms in total. The van der Waals surface area contributed by atoms with Gasteiger partial charge in [-0.25, -0.2) is 4.39 Å². The van der Waals surface area contributed by atoms with E-state index in [-0.39, 0.29) is 5.82 Å². The monoisotopic (exact) mass is 255 g/mol. The Labute approximate surface area is 107 Å². The zero-order valence-electron chi connectivity index (χ0n) is 10.3. The summed E-state index contributed by atoms with van der Waals surface area (Å²) in [6.45, 7) is 4.37. The average Bonchev–Trinajstić information content (AvgIpc) is 2.13. The first-order chi connectivity index (χ1) is 7.90. The van der Waals surface area contributed by atoms with Crippen LogP contribution in [0.25, 0.3) is 0 Å². The molecule has 0 aliphatic heterocycles. The highest BCUT2D eigenvalue weighted by Gasteiger charge is 2.37. The normalized spacial score (nSPS) is 33.7. The summed E-state index contributed by atoms with van der Waals surface area (Å²) in [5, 5.41) is 0.423. The Morgan fingerprint density at radius 1 is 1.29 bits per heavy atom. The van der Waals surface area contributed by atoms with Crippen molar-refractivity contribution in [1.29, 1.82) is 0 Å². The quantitative estimate of drug-likeness (QED) is 0.804. The fourth-order valence-corrected chi connectivity index (χ4v) is 3.45. The van der Waals surface area contributed by atoms with Crippen LogP contribution in [0, 0.1) is 17.7 Å². The minimum absolute atomic E-state index is 0.277. The van der Waals surface area contributed by atoms with Gasteiger partial charge in [0.15, 0.2) is 0 Å². The lowest BCUT2D eigenvalue weighted by Gasteiger charge is -2.40. The first-order valence-corrected chi connectivity index (χ1v) is 6.53. The highest BCUT2D eigenvalue weighted by atomic mass is 35.5. The van der Waals surface area contributed by atoms with Crippen LogP contribution < -0.4 is 5.73 Å². The van der Waals surface area contributed by atoms with Crippen molar-refractivity contribution in [2.75, 3.05) is 0 Å². The molecule has 0 saturated heterocycles. The lowest BCUT2D eigenvalue weighted by molar-refractivity contribution is 0.179. The molecule has 2 atom stereocenters. The summed E-state index contributed by atoms with van der Waals surface area (Å²) in [4.78, 5) is 0. The topological polar surface area (TPSA) is 26.0 Å². The van der Waals surface area contributed by atoms with E-state index in [1.54, 1.807) is 12.1 Å². The minimum atomic E-state index is -0.536. The SMILES string of the molecule is CC1CC(C)CC(N)(c2ccc(Cl)cc2F)C1. The smallest absolute Gasteiger partial charge is 0.129 e. The maximum absolute atomic E-state index is 14.0. The first-order valence-electron chi connectivity index (χ1n) is 6.15. The molecule has 0 amide bonds. The molecule has 3 heteroatoms. The summed E-state index contributed by atoms with van der Waals surface area (Å²) in [6, 6.07) is 4.82. The molecule has 0 aromatic heterocycles. The van der Waals surface area contributed by atoms with Gasteiger partial charge in [-0.15, -0.1) is 0 Å². The lowest BCUT2D eigenvalue weighted by atomic mass is 9.69. The van der Waals surface area contributed by atoms with Gasteiger partial charge >= 0.3 is 0 Å². The number of rotatable bonds is 1. The molecule has 1 saturated carbocycles. The summed E-state index contributed by atoms with van der Waals surface area (Å²) < 4.78 is 14.0. The molecule has 0 bridgehead atoms. The van der Waals surface area contributed by atoms with E-state index >= 15 is 0 Å². The Bertz CT molecular complexity index is 409. The second-order valence-electron chi connectivity index (χ2n) is 5.63. The second-order valence-corrected chi connectivity index (χ2v) is 6.07. The third-order valence-electron chi connectivity index (χ3n) is 3.70. The summed E-state index contributed by atoms with van der Waals surface area (Å²) in [6.07, 6.45) is 2.86. The van der Waals surface area contributed by atoms with Crippen LogP contribution in [0.1, 0.15) is 38.7 Å². The summed E-state index contributed by atoms with van der Waals surface area (Å²) >= 11 is 5.78. The van der Waals surface area contributed by atoms with Crippen molar-refractivity contribution in [2.45, 2.75) is 38.6 Å². The van der Waals surface area contributed by atoms with Gasteiger partial charge in [0, 0.05) is 16.1 Å². The van der Waals surface area contributed by atoms with Gasteiger partial charge in [-0.1, -0.05) is 31.5 Å². The van der Waals surface area contributed by atoms with Crippen molar-refractivity contribution in [3.8, 4) is 0 Å². The van der Waals surface area contributed by atoms with Crippen molar-refractivity contribution in [1.82, 2.24) is 0 Å². The van der Waals surface area contributed by atoms with Gasteiger partial charge in [-0.2, -0.15) is 0 Å². The average molecular weight is 256 g/mol. The van der Waals surface area contributed by atoms with E-state index in [1.807, 2.05) is 0 Å². The third-order valence-corrected chi connectivity index (χ3v) is 3.93. The molecule has 1 aliphatic rings. The van der Waals surface area contributed by atoms with Gasteiger partial charge in [0.05, 0.1) is 0 Å². The fourth-order valence-electron chi connectivity index (χ4n) is 3.29. The van der Waals surface area contributed by atoms with Gasteiger partial charge in [-0.3, -0.25) is 0 Å². The van der Waals surface area contributed by atoms with Crippen LogP contribution in [0.2, 0.25) is 5.02 Å². The Morgan fingerprint density at radius 2 is 1.88 bits per heavy atom. The first kappa shape index (κ1) is 12.8. The van der Waals surface area contributed by atoms with Crippen LogP contribution in [0.5, 0.6) is 0 Å². The fraction of sp³-hybridized carbons (Fsp3) is 0.571. The van der Waals surface area contributed by atoms with Gasteiger partial charge in [0.25, 0.3) is 0 Å². The van der Waals surface area contributed by atoms with E-state index in [4.69, 9.17) is 17.3 Å². The Hall–Kier alpha value is -0.600. The van der Waals surface area contributed by atoms with E-state index in [9.17, 15) is 4.39 Å². The second kappa shape index (κ2) is 4.58. The molecule has 0 radical (unpaired) electrons. The van der Waals surface area contributed by atoms with E-state index in [1.165, 1.54) is 12.5 Å². The molecule has 1 fully saturated rings. The molecule has 2 unspecified atom stereocenters. The van der Waals surface area contributed by atoms with Crippen LogP contribution in [-0.4, -0.2) is 0 Å². The molecule has 1 aromatic carbocycles. The van der Waals surface area contributed by atoms with Gasteiger partial charge in [0.2, 0.25) is 0 Å². The number of hydrogen-bond donors (Lipinski definition) is 1. The number of benzene rings is 1. The Balaban J connectivity index is 2.36. The van der Waals surface area contributed by atoms with E-state index in [0.29, 0.717) is 22.4 Å². The minimum Gasteiger partial charge on any atom is -0.321 e. The van der Waals surface area contributed by atoms with Crippen LogP contribution in [0.3, 0.4) is 0 Å². The molecule has 0 heterocycles. The molecule has 2 rings (SSSR count). The lowest BCUT2D eigenvalue weighted by Crippen LogP contribution is -2.44. The number of hydrogen-bond acceptors (Lipinski definition) is 1. The summed E-state index contributed by atoms with van der Waals surface area (Å²) in [5.41, 5.74) is 6.50. The van der Waals surface area contributed by atoms with Crippen molar-refractivity contribution >= 4 is 11.6 Å².